The number of aliphatic imine (C=N–C) groups is 1. The molecule has 0 bridgehead atoms. The van der Waals surface area contributed by atoms with Gasteiger partial charge in [0.1, 0.15) is 0 Å². The minimum absolute atomic E-state index is 0.0566. The van der Waals surface area contributed by atoms with Crippen molar-refractivity contribution in [2.45, 2.75) is 6.42 Å². The largest absolute Gasteiger partial charge is 0.354 e. The molecule has 5 nitrogen and oxygen atoms in total. The van der Waals surface area contributed by atoms with E-state index in [9.17, 15) is 4.79 Å². The average Bonchev–Trinajstić information content (AvgIpc) is 3.06. The first-order valence-corrected chi connectivity index (χ1v) is 8.19. The van der Waals surface area contributed by atoms with Crippen molar-refractivity contribution < 1.29 is 4.79 Å². The standard InChI is InChI=1S/C19H22N4O/c1-20-19(23-14-11-15-7-5-6-10-17(15)23)22-13-12-21-18(24)16-8-3-2-4-9-16/h2-10H,11-14H2,1H3,(H,20,22)(H,21,24). The van der Waals surface area contributed by atoms with Crippen LogP contribution < -0.4 is 15.5 Å². The number of amides is 1. The van der Waals surface area contributed by atoms with Crippen molar-refractivity contribution in [3.05, 3.63) is 65.7 Å². The summed E-state index contributed by atoms with van der Waals surface area (Å²) < 4.78 is 0. The zero-order valence-corrected chi connectivity index (χ0v) is 13.8. The molecule has 2 N–H and O–H groups in total. The van der Waals surface area contributed by atoms with Gasteiger partial charge in [-0.2, -0.15) is 0 Å². The monoisotopic (exact) mass is 322 g/mol. The maximum Gasteiger partial charge on any atom is 0.251 e. The number of nitrogens with zero attached hydrogens (tertiary/aromatic N) is 2. The van der Waals surface area contributed by atoms with Gasteiger partial charge in [0.2, 0.25) is 0 Å². The number of anilines is 1. The molecule has 0 aromatic heterocycles. The Morgan fingerprint density at radius 3 is 2.54 bits per heavy atom. The fourth-order valence-electron chi connectivity index (χ4n) is 2.90. The summed E-state index contributed by atoms with van der Waals surface area (Å²) in [5, 5.41) is 6.23. The van der Waals surface area contributed by atoms with Gasteiger partial charge in [-0.3, -0.25) is 9.79 Å². The highest BCUT2D eigenvalue weighted by Gasteiger charge is 2.22. The molecule has 0 saturated carbocycles. The van der Waals surface area contributed by atoms with Crippen molar-refractivity contribution in [3.63, 3.8) is 0 Å². The summed E-state index contributed by atoms with van der Waals surface area (Å²) in [6, 6.07) is 17.6. The summed E-state index contributed by atoms with van der Waals surface area (Å²) in [6.45, 7) is 2.10. The van der Waals surface area contributed by atoms with Crippen LogP contribution in [-0.2, 0) is 6.42 Å². The Balaban J connectivity index is 1.50. The predicted molar refractivity (Wildman–Crippen MR) is 97.6 cm³/mol. The number of benzene rings is 2. The minimum atomic E-state index is -0.0566. The van der Waals surface area contributed by atoms with Crippen LogP contribution >= 0.6 is 0 Å². The second kappa shape index (κ2) is 7.64. The molecule has 0 aliphatic carbocycles. The summed E-state index contributed by atoms with van der Waals surface area (Å²) in [5.74, 6) is 0.785. The number of carbonyl (C=O) groups excluding carboxylic acids is 1. The minimum Gasteiger partial charge on any atom is -0.354 e. The van der Waals surface area contributed by atoms with Crippen LogP contribution in [0.15, 0.2) is 59.6 Å². The molecule has 24 heavy (non-hydrogen) atoms. The van der Waals surface area contributed by atoms with Gasteiger partial charge in [0.05, 0.1) is 0 Å². The Kier molecular flexibility index (Phi) is 5.11. The highest BCUT2D eigenvalue weighted by atomic mass is 16.1. The first-order chi connectivity index (χ1) is 11.8. The second-order valence-corrected chi connectivity index (χ2v) is 5.63. The number of guanidine groups is 1. The topological polar surface area (TPSA) is 56.7 Å². The molecule has 0 unspecified atom stereocenters. The van der Waals surface area contributed by atoms with Gasteiger partial charge >= 0.3 is 0 Å². The third kappa shape index (κ3) is 3.56. The van der Waals surface area contributed by atoms with E-state index in [1.165, 1.54) is 11.3 Å². The van der Waals surface area contributed by atoms with Crippen molar-refractivity contribution in [2.24, 2.45) is 4.99 Å². The Morgan fingerprint density at radius 1 is 1.04 bits per heavy atom. The van der Waals surface area contributed by atoms with E-state index < -0.39 is 0 Å². The number of hydrogen-bond donors (Lipinski definition) is 2. The van der Waals surface area contributed by atoms with E-state index in [2.05, 4.69) is 38.7 Å². The summed E-state index contributed by atoms with van der Waals surface area (Å²) in [5.41, 5.74) is 3.23. The van der Waals surface area contributed by atoms with Crippen LogP contribution in [0.1, 0.15) is 15.9 Å². The number of para-hydroxylation sites is 1. The lowest BCUT2D eigenvalue weighted by Gasteiger charge is -2.22. The Bertz CT molecular complexity index is 727. The van der Waals surface area contributed by atoms with Crippen LogP contribution in [0.2, 0.25) is 0 Å². The van der Waals surface area contributed by atoms with Gasteiger partial charge in [-0.15, -0.1) is 0 Å². The van der Waals surface area contributed by atoms with Crippen LogP contribution in [-0.4, -0.2) is 38.5 Å². The first kappa shape index (κ1) is 16.1. The van der Waals surface area contributed by atoms with Gasteiger partial charge in [0.25, 0.3) is 5.91 Å². The normalized spacial score (nSPS) is 13.5. The van der Waals surface area contributed by atoms with E-state index in [1.54, 1.807) is 7.05 Å². The van der Waals surface area contributed by atoms with E-state index in [0.717, 1.165) is 18.9 Å². The molecule has 0 saturated heterocycles. The lowest BCUT2D eigenvalue weighted by atomic mass is 10.2. The summed E-state index contributed by atoms with van der Waals surface area (Å²) in [6.07, 6.45) is 1.03. The van der Waals surface area contributed by atoms with Crippen molar-refractivity contribution in [2.75, 3.05) is 31.6 Å². The SMILES string of the molecule is CN=C(NCCNC(=O)c1ccccc1)N1CCc2ccccc21. The molecule has 2 aromatic carbocycles. The molecule has 2 aromatic rings. The van der Waals surface area contributed by atoms with Crippen LogP contribution in [0.3, 0.4) is 0 Å². The van der Waals surface area contributed by atoms with Gasteiger partial charge in [-0.1, -0.05) is 36.4 Å². The molecule has 0 radical (unpaired) electrons. The lowest BCUT2D eigenvalue weighted by molar-refractivity contribution is 0.0954. The molecule has 1 aliphatic rings. The molecule has 5 heteroatoms. The molecular weight excluding hydrogens is 300 g/mol. The number of fused-ring (bicyclic) bond motifs is 1. The van der Waals surface area contributed by atoms with E-state index in [-0.39, 0.29) is 5.91 Å². The summed E-state index contributed by atoms with van der Waals surface area (Å²) in [4.78, 5) is 18.6. The first-order valence-electron chi connectivity index (χ1n) is 8.19. The van der Waals surface area contributed by atoms with Gasteiger partial charge in [0.15, 0.2) is 5.96 Å². The van der Waals surface area contributed by atoms with E-state index in [0.29, 0.717) is 18.7 Å². The quantitative estimate of drug-likeness (QED) is 0.515. The molecule has 0 atom stereocenters. The van der Waals surface area contributed by atoms with Gasteiger partial charge in [-0.05, 0) is 30.2 Å². The summed E-state index contributed by atoms with van der Waals surface area (Å²) >= 11 is 0. The Morgan fingerprint density at radius 2 is 1.75 bits per heavy atom. The van der Waals surface area contributed by atoms with Gasteiger partial charge in [0, 0.05) is 37.9 Å². The van der Waals surface area contributed by atoms with E-state index >= 15 is 0 Å². The van der Waals surface area contributed by atoms with E-state index in [1.807, 2.05) is 36.4 Å². The number of nitrogens with one attached hydrogen (secondary N) is 2. The molecule has 0 fully saturated rings. The molecule has 3 rings (SSSR count). The van der Waals surface area contributed by atoms with Gasteiger partial charge in [-0.25, -0.2) is 0 Å². The molecule has 1 heterocycles. The van der Waals surface area contributed by atoms with Crippen LogP contribution in [0.5, 0.6) is 0 Å². The Hall–Kier alpha value is -2.82. The average molecular weight is 322 g/mol. The zero-order chi connectivity index (χ0) is 16.8. The smallest absolute Gasteiger partial charge is 0.251 e. The fourth-order valence-corrected chi connectivity index (χ4v) is 2.90. The van der Waals surface area contributed by atoms with Crippen molar-refractivity contribution in [1.29, 1.82) is 0 Å². The molecule has 124 valence electrons. The molecule has 1 aliphatic heterocycles. The Labute approximate surface area is 142 Å². The third-order valence-corrected chi connectivity index (χ3v) is 4.08. The van der Waals surface area contributed by atoms with Crippen LogP contribution in [0.25, 0.3) is 0 Å². The highest BCUT2D eigenvalue weighted by Crippen LogP contribution is 2.27. The van der Waals surface area contributed by atoms with Crippen LogP contribution in [0, 0.1) is 0 Å². The number of rotatable bonds is 4. The lowest BCUT2D eigenvalue weighted by Crippen LogP contribution is -2.43. The number of hydrogen-bond acceptors (Lipinski definition) is 2. The fraction of sp³-hybridized carbons (Fsp3) is 0.263. The molecular formula is C19H22N4O. The van der Waals surface area contributed by atoms with Gasteiger partial charge < -0.3 is 15.5 Å². The maximum absolute atomic E-state index is 12.0. The van der Waals surface area contributed by atoms with Crippen LogP contribution in [0.4, 0.5) is 5.69 Å². The predicted octanol–water partition coefficient (Wildman–Crippen LogP) is 2.05. The maximum atomic E-state index is 12.0. The third-order valence-electron chi connectivity index (χ3n) is 4.08. The van der Waals surface area contributed by atoms with Crippen molar-refractivity contribution in [1.82, 2.24) is 10.6 Å². The van der Waals surface area contributed by atoms with Crippen molar-refractivity contribution >= 4 is 17.6 Å². The number of carbonyl (C=O) groups is 1. The second-order valence-electron chi connectivity index (χ2n) is 5.63. The van der Waals surface area contributed by atoms with E-state index in [4.69, 9.17) is 0 Å². The molecule has 0 spiro atoms. The molecule has 1 amide bonds. The zero-order valence-electron chi connectivity index (χ0n) is 13.8. The van der Waals surface area contributed by atoms with Crippen molar-refractivity contribution in [3.8, 4) is 0 Å². The highest BCUT2D eigenvalue weighted by molar-refractivity contribution is 5.98. The summed E-state index contributed by atoms with van der Waals surface area (Å²) in [7, 11) is 1.78.